The van der Waals surface area contributed by atoms with Crippen molar-refractivity contribution in [3.63, 3.8) is 0 Å². The van der Waals surface area contributed by atoms with Gasteiger partial charge in [0.1, 0.15) is 0 Å². The van der Waals surface area contributed by atoms with Crippen molar-refractivity contribution < 1.29 is 0 Å². The molecule has 0 heterocycles. The van der Waals surface area contributed by atoms with Crippen LogP contribution in [-0.2, 0) is 0 Å². The van der Waals surface area contributed by atoms with Crippen LogP contribution in [-0.4, -0.2) is 0 Å². The molecule has 114 valence electrons. The number of rotatable bonds is 2. The van der Waals surface area contributed by atoms with Gasteiger partial charge in [0.2, 0.25) is 0 Å². The van der Waals surface area contributed by atoms with Crippen molar-refractivity contribution in [2.45, 2.75) is 65.3 Å². The maximum absolute atomic E-state index is 6.90. The molecule has 0 saturated heterocycles. The monoisotopic (exact) mass is 283 g/mol. The summed E-state index contributed by atoms with van der Waals surface area (Å²) in [6.45, 7) is 6.95. The zero-order valence-electron chi connectivity index (χ0n) is 13.8. The van der Waals surface area contributed by atoms with Gasteiger partial charge in [-0.2, -0.15) is 0 Å². The molecule has 4 aliphatic rings. The minimum absolute atomic E-state index is 0.239. The van der Waals surface area contributed by atoms with Gasteiger partial charge in [-0.25, -0.2) is 0 Å². The van der Waals surface area contributed by atoms with E-state index in [0.717, 1.165) is 11.8 Å². The lowest BCUT2D eigenvalue weighted by atomic mass is 9.43. The average molecular weight is 283 g/mol. The highest BCUT2D eigenvalue weighted by Gasteiger charge is 2.57. The highest BCUT2D eigenvalue weighted by atomic mass is 14.8. The molecule has 0 radical (unpaired) electrons. The lowest BCUT2D eigenvalue weighted by Crippen LogP contribution is -2.54. The van der Waals surface area contributed by atoms with Crippen LogP contribution in [0, 0.1) is 36.5 Å². The number of benzene rings is 1. The minimum Gasteiger partial charge on any atom is -0.323 e. The van der Waals surface area contributed by atoms with E-state index in [9.17, 15) is 0 Å². The van der Waals surface area contributed by atoms with Crippen LogP contribution in [0.3, 0.4) is 0 Å². The molecule has 5 rings (SSSR count). The Labute approximate surface area is 129 Å². The predicted molar refractivity (Wildman–Crippen MR) is 88.1 cm³/mol. The second-order valence-electron chi connectivity index (χ2n) is 8.97. The van der Waals surface area contributed by atoms with Crippen LogP contribution in [0.2, 0.25) is 0 Å². The molecule has 1 aromatic carbocycles. The van der Waals surface area contributed by atoms with Crippen LogP contribution >= 0.6 is 0 Å². The summed E-state index contributed by atoms with van der Waals surface area (Å²) >= 11 is 0. The van der Waals surface area contributed by atoms with Crippen molar-refractivity contribution in [3.8, 4) is 0 Å². The molecule has 1 aromatic rings. The Balaban J connectivity index is 1.72. The van der Waals surface area contributed by atoms with E-state index in [1.165, 1.54) is 55.2 Å². The van der Waals surface area contributed by atoms with Gasteiger partial charge in [0.25, 0.3) is 0 Å². The molecule has 4 saturated carbocycles. The highest BCUT2D eigenvalue weighted by Crippen LogP contribution is 2.67. The van der Waals surface area contributed by atoms with Gasteiger partial charge in [0, 0.05) is 6.04 Å². The molecule has 1 heteroatoms. The Morgan fingerprint density at radius 2 is 1.76 bits per heavy atom. The van der Waals surface area contributed by atoms with Crippen molar-refractivity contribution in [2.75, 3.05) is 0 Å². The van der Waals surface area contributed by atoms with E-state index in [4.69, 9.17) is 5.73 Å². The average Bonchev–Trinajstić information content (AvgIpc) is 2.35. The lowest BCUT2D eigenvalue weighted by Gasteiger charge is -2.63. The van der Waals surface area contributed by atoms with Crippen molar-refractivity contribution in [1.29, 1.82) is 0 Å². The smallest absolute Gasteiger partial charge is 0.0355 e. The van der Waals surface area contributed by atoms with E-state index in [1.807, 2.05) is 0 Å². The van der Waals surface area contributed by atoms with Gasteiger partial charge in [0.15, 0.2) is 0 Å². The summed E-state index contributed by atoms with van der Waals surface area (Å²) in [4.78, 5) is 0. The van der Waals surface area contributed by atoms with E-state index >= 15 is 0 Å². The first-order valence-electron chi connectivity index (χ1n) is 8.72. The molecule has 21 heavy (non-hydrogen) atoms. The predicted octanol–water partition coefficient (Wildman–Crippen LogP) is 4.91. The van der Waals surface area contributed by atoms with Crippen LogP contribution in [0.15, 0.2) is 18.2 Å². The zero-order chi connectivity index (χ0) is 14.8. The van der Waals surface area contributed by atoms with Crippen LogP contribution < -0.4 is 5.73 Å². The Bertz CT molecular complexity index is 559. The number of nitrogens with two attached hydrogens (primary N) is 1. The van der Waals surface area contributed by atoms with Crippen LogP contribution in [0.25, 0.3) is 0 Å². The normalized spacial score (nSPS) is 42.3. The van der Waals surface area contributed by atoms with E-state index in [0.29, 0.717) is 10.8 Å². The molecule has 1 nitrogen and oxygen atoms in total. The molecule has 4 aliphatic carbocycles. The summed E-state index contributed by atoms with van der Waals surface area (Å²) in [5.41, 5.74) is 12.0. The Hall–Kier alpha value is -0.820. The minimum atomic E-state index is 0.239. The third kappa shape index (κ3) is 2.08. The van der Waals surface area contributed by atoms with Gasteiger partial charge >= 0.3 is 0 Å². The molecule has 0 amide bonds. The third-order valence-corrected chi connectivity index (χ3v) is 6.82. The zero-order valence-corrected chi connectivity index (χ0v) is 13.8. The summed E-state index contributed by atoms with van der Waals surface area (Å²) in [6, 6.07) is 7.08. The van der Waals surface area contributed by atoms with E-state index in [-0.39, 0.29) is 6.04 Å². The quantitative estimate of drug-likeness (QED) is 0.820. The summed E-state index contributed by atoms with van der Waals surface area (Å²) in [6.07, 6.45) is 8.54. The van der Waals surface area contributed by atoms with Gasteiger partial charge < -0.3 is 5.73 Å². The molecule has 2 N–H and O–H groups in total. The lowest BCUT2D eigenvalue weighted by molar-refractivity contribution is -0.113. The van der Waals surface area contributed by atoms with Crippen LogP contribution in [0.1, 0.15) is 68.2 Å². The first kappa shape index (κ1) is 13.8. The van der Waals surface area contributed by atoms with Crippen molar-refractivity contribution in [1.82, 2.24) is 0 Å². The fourth-order valence-corrected chi connectivity index (χ4v) is 6.67. The van der Waals surface area contributed by atoms with E-state index in [2.05, 4.69) is 39.0 Å². The third-order valence-electron chi connectivity index (χ3n) is 6.82. The number of hydrogen-bond acceptors (Lipinski definition) is 1. The Morgan fingerprint density at radius 1 is 1.10 bits per heavy atom. The van der Waals surface area contributed by atoms with Gasteiger partial charge in [-0.05, 0) is 86.2 Å². The molecule has 3 atom stereocenters. The molecule has 0 aliphatic heterocycles. The molecule has 0 spiro atoms. The van der Waals surface area contributed by atoms with Gasteiger partial charge in [-0.15, -0.1) is 0 Å². The summed E-state index contributed by atoms with van der Waals surface area (Å²) in [5, 5.41) is 0. The summed E-state index contributed by atoms with van der Waals surface area (Å²) < 4.78 is 0. The first-order valence-corrected chi connectivity index (χ1v) is 8.72. The van der Waals surface area contributed by atoms with Gasteiger partial charge in [-0.1, -0.05) is 30.7 Å². The standard InChI is InChI=1S/C20H29N/c1-13-4-5-17(14(2)6-13)18(21)20-10-15-7-16(11-20)9-19(3,8-15)12-20/h4-6,15-16,18H,7-12,21H2,1-3H3. The summed E-state index contributed by atoms with van der Waals surface area (Å²) in [7, 11) is 0. The van der Waals surface area contributed by atoms with Crippen LogP contribution in [0.5, 0.6) is 0 Å². The SMILES string of the molecule is Cc1ccc(C(N)C23CC4CC(CC(C)(C4)C2)C3)c(C)c1. The van der Waals surface area contributed by atoms with Crippen molar-refractivity contribution in [3.05, 3.63) is 34.9 Å². The van der Waals surface area contributed by atoms with Crippen LogP contribution in [0.4, 0.5) is 0 Å². The van der Waals surface area contributed by atoms with Gasteiger partial charge in [0.05, 0.1) is 0 Å². The number of hydrogen-bond donors (Lipinski definition) is 1. The van der Waals surface area contributed by atoms with Crippen molar-refractivity contribution in [2.24, 2.45) is 28.4 Å². The van der Waals surface area contributed by atoms with Gasteiger partial charge in [-0.3, -0.25) is 0 Å². The molecule has 3 unspecified atom stereocenters. The number of aryl methyl sites for hydroxylation is 2. The Kier molecular flexibility index (Phi) is 2.86. The molecule has 4 bridgehead atoms. The Morgan fingerprint density at radius 3 is 2.33 bits per heavy atom. The van der Waals surface area contributed by atoms with E-state index < -0.39 is 0 Å². The topological polar surface area (TPSA) is 26.0 Å². The largest absolute Gasteiger partial charge is 0.323 e. The second kappa shape index (κ2) is 4.35. The molecular formula is C20H29N. The molecular weight excluding hydrogens is 254 g/mol. The van der Waals surface area contributed by atoms with E-state index in [1.54, 1.807) is 0 Å². The first-order chi connectivity index (χ1) is 9.89. The fraction of sp³-hybridized carbons (Fsp3) is 0.700. The van der Waals surface area contributed by atoms with Crippen molar-refractivity contribution >= 4 is 0 Å². The molecule has 4 fully saturated rings. The summed E-state index contributed by atoms with van der Waals surface area (Å²) in [5.74, 6) is 1.90. The maximum Gasteiger partial charge on any atom is 0.0355 e. The highest BCUT2D eigenvalue weighted by molar-refractivity contribution is 5.34. The molecule has 0 aromatic heterocycles. The second-order valence-corrected chi connectivity index (χ2v) is 8.97. The maximum atomic E-state index is 6.90. The fourth-order valence-electron chi connectivity index (χ4n) is 6.67.